The van der Waals surface area contributed by atoms with Crippen LogP contribution >= 0.6 is 10.5 Å². The molecule has 4 N–H and O–H groups in total. The van der Waals surface area contributed by atoms with E-state index < -0.39 is 0 Å². The first-order chi connectivity index (χ1) is 4.89. The summed E-state index contributed by atoms with van der Waals surface area (Å²) in [6, 6.07) is 12.3. The van der Waals surface area contributed by atoms with Crippen LogP contribution in [-0.2, 0) is 6.26 Å². The molecule has 0 spiro atoms. The summed E-state index contributed by atoms with van der Waals surface area (Å²) >= 11 is 0. The van der Waals surface area contributed by atoms with Crippen molar-refractivity contribution in [3.8, 4) is 0 Å². The van der Waals surface area contributed by atoms with Crippen LogP contribution in [0.15, 0.2) is 47.2 Å². The molecule has 0 atom stereocenters. The van der Waals surface area contributed by atoms with Gasteiger partial charge in [0.2, 0.25) is 0 Å². The van der Waals surface area contributed by atoms with E-state index in [1.54, 1.807) is 0 Å². The predicted molar refractivity (Wildman–Crippen MR) is 54.8 cm³/mol. The zero-order valence-electron chi connectivity index (χ0n) is 7.41. The Morgan fingerprint density at radius 2 is 1.00 bits per heavy atom. The van der Waals surface area contributed by atoms with Crippen LogP contribution < -0.4 is 12.4 Å². The van der Waals surface area contributed by atoms with Gasteiger partial charge in [-0.2, -0.15) is 0 Å². The molecule has 0 aliphatic heterocycles. The lowest BCUT2D eigenvalue weighted by Crippen LogP contribution is -3.00. The van der Waals surface area contributed by atoms with E-state index in [1.165, 1.54) is 0 Å². The van der Waals surface area contributed by atoms with Crippen molar-refractivity contribution < 1.29 is 23.4 Å². The normalized spacial score (nSPS) is 6.54. The first kappa shape index (κ1) is 18.2. The number of hydrogen-bond donors (Lipinski definition) is 0. The fraction of sp³-hybridized carbons (Fsp3) is 0.111. The average molecular weight is 223 g/mol. The standard InChI is InChI=1S/C9H11S.ClH.2H2O/c1-10-8-6-4-2-3-5-7-9-10;;;/h2-9H,1H3;1H;2*1H2/q+1;;;/p-1. The zero-order valence-corrected chi connectivity index (χ0v) is 8.98. The minimum atomic E-state index is 0. The molecule has 0 amide bonds. The second-order valence-corrected chi connectivity index (χ2v) is 3.79. The van der Waals surface area contributed by atoms with Gasteiger partial charge in [-0.25, -0.2) is 0 Å². The third-order valence-corrected chi connectivity index (χ3v) is 2.31. The maximum atomic E-state index is 2.19. The molecule has 0 aliphatic rings. The van der Waals surface area contributed by atoms with Gasteiger partial charge < -0.3 is 23.4 Å². The van der Waals surface area contributed by atoms with Crippen LogP contribution in [0.5, 0.6) is 0 Å². The van der Waals surface area contributed by atoms with Crippen molar-refractivity contribution in [2.24, 2.45) is 6.26 Å². The molecular formula is C9H15ClO2S. The molecule has 0 fully saturated rings. The predicted octanol–water partition coefficient (Wildman–Crippen LogP) is -1.55. The van der Waals surface area contributed by atoms with E-state index in [2.05, 4.69) is 29.1 Å². The number of rotatable bonds is 0. The van der Waals surface area contributed by atoms with Crippen molar-refractivity contribution in [2.75, 3.05) is 0 Å². The molecule has 4 heteroatoms. The number of hydrogen-bond acceptors (Lipinski definition) is 0. The first-order valence-corrected chi connectivity index (χ1v) is 4.97. The second kappa shape index (κ2) is 11.4. The molecule has 1 heterocycles. The Bertz CT molecular complexity index is 225. The van der Waals surface area contributed by atoms with E-state index in [1.807, 2.05) is 24.3 Å². The van der Waals surface area contributed by atoms with E-state index in [9.17, 15) is 0 Å². The number of aryl methyl sites for hydroxylation is 1. The number of halogens is 1. The molecule has 0 bridgehead atoms. The molecule has 76 valence electrons. The highest BCUT2D eigenvalue weighted by Gasteiger charge is 1.79. The van der Waals surface area contributed by atoms with Gasteiger partial charge >= 0.3 is 0 Å². The minimum Gasteiger partial charge on any atom is -1.00 e. The van der Waals surface area contributed by atoms with Gasteiger partial charge in [0, 0.05) is 0 Å². The highest BCUT2D eigenvalue weighted by atomic mass is 35.5. The summed E-state index contributed by atoms with van der Waals surface area (Å²) in [6.07, 6.45) is 2.19. The van der Waals surface area contributed by atoms with Crippen LogP contribution in [0.25, 0.3) is 0 Å². The molecule has 0 aromatic carbocycles. The van der Waals surface area contributed by atoms with Crippen molar-refractivity contribution in [3.63, 3.8) is 0 Å². The third-order valence-electron chi connectivity index (χ3n) is 1.14. The molecule has 1 aromatic heterocycles. The van der Waals surface area contributed by atoms with Crippen LogP contribution in [0, 0.1) is 0 Å². The van der Waals surface area contributed by atoms with Crippen LogP contribution in [0.2, 0.25) is 0 Å². The Morgan fingerprint density at radius 3 is 1.38 bits per heavy atom. The smallest absolute Gasteiger partial charge is 0.137 e. The molecule has 0 saturated carbocycles. The zero-order chi connectivity index (χ0) is 7.23. The first-order valence-electron chi connectivity index (χ1n) is 3.21. The summed E-state index contributed by atoms with van der Waals surface area (Å²) in [5.41, 5.74) is 0. The molecule has 0 aliphatic carbocycles. The Hall–Kier alpha value is -0.610. The highest BCUT2D eigenvalue weighted by molar-refractivity contribution is 7.26. The van der Waals surface area contributed by atoms with Gasteiger partial charge in [0.15, 0.2) is 0 Å². The molecule has 1 aromatic rings. The summed E-state index contributed by atoms with van der Waals surface area (Å²) in [5, 5.41) is 4.39. The van der Waals surface area contributed by atoms with Crippen LogP contribution in [0.3, 0.4) is 0 Å². The van der Waals surface area contributed by atoms with Crippen molar-refractivity contribution in [2.45, 2.75) is 0 Å². The minimum absolute atomic E-state index is 0. The monoisotopic (exact) mass is 222 g/mol. The summed E-state index contributed by atoms with van der Waals surface area (Å²) in [7, 11) is 0.307. The third kappa shape index (κ3) is 9.30. The van der Waals surface area contributed by atoms with Crippen LogP contribution in [-0.4, -0.2) is 11.0 Å². The van der Waals surface area contributed by atoms with Crippen molar-refractivity contribution in [3.05, 3.63) is 47.2 Å². The summed E-state index contributed by atoms with van der Waals surface area (Å²) in [5.74, 6) is 0. The van der Waals surface area contributed by atoms with Gasteiger partial charge in [-0.05, 0) is 22.6 Å². The molecule has 0 unspecified atom stereocenters. The molecular weight excluding hydrogens is 208 g/mol. The molecule has 1 rings (SSSR count). The van der Waals surface area contributed by atoms with E-state index in [4.69, 9.17) is 0 Å². The maximum absolute atomic E-state index is 2.19. The Morgan fingerprint density at radius 1 is 0.692 bits per heavy atom. The molecule has 0 radical (unpaired) electrons. The van der Waals surface area contributed by atoms with Crippen molar-refractivity contribution in [1.29, 1.82) is 0 Å². The van der Waals surface area contributed by atoms with Gasteiger partial charge in [0.25, 0.3) is 0 Å². The Kier molecular flexibility index (Phi) is 16.0. The lowest BCUT2D eigenvalue weighted by atomic mass is 10.5. The lowest BCUT2D eigenvalue weighted by Gasteiger charge is -1.67. The Balaban J connectivity index is -0.000000333. The van der Waals surface area contributed by atoms with Gasteiger partial charge in [-0.15, -0.1) is 0 Å². The van der Waals surface area contributed by atoms with Gasteiger partial charge in [-0.3, -0.25) is 0 Å². The average Bonchev–Trinajstić information content (AvgIpc) is 2.02. The van der Waals surface area contributed by atoms with Gasteiger partial charge in [0.1, 0.15) is 17.0 Å². The van der Waals surface area contributed by atoms with E-state index in [-0.39, 0.29) is 23.4 Å². The molecule has 2 nitrogen and oxygen atoms in total. The topological polar surface area (TPSA) is 63.0 Å². The molecule has 0 saturated heterocycles. The fourth-order valence-electron chi connectivity index (χ4n) is 0.641. The van der Waals surface area contributed by atoms with Crippen LogP contribution in [0.1, 0.15) is 0 Å². The van der Waals surface area contributed by atoms with Gasteiger partial charge in [-0.1, -0.05) is 24.3 Å². The van der Waals surface area contributed by atoms with Gasteiger partial charge in [0.05, 0.1) is 0 Å². The molecule has 13 heavy (non-hydrogen) atoms. The summed E-state index contributed by atoms with van der Waals surface area (Å²) < 4.78 is 0. The van der Waals surface area contributed by atoms with E-state index >= 15 is 0 Å². The van der Waals surface area contributed by atoms with E-state index in [0.717, 1.165) is 0 Å². The SMILES string of the molecule is C[s+]1cccccccc1.O.O.[Cl-]. The fourth-order valence-corrected chi connectivity index (χ4v) is 1.41. The lowest BCUT2D eigenvalue weighted by molar-refractivity contribution is -0.00000452. The van der Waals surface area contributed by atoms with Crippen molar-refractivity contribution >= 4 is 10.5 Å². The second-order valence-electron chi connectivity index (χ2n) is 2.03. The van der Waals surface area contributed by atoms with Crippen LogP contribution in [0.4, 0.5) is 0 Å². The maximum Gasteiger partial charge on any atom is 0.137 e. The highest BCUT2D eigenvalue weighted by Crippen LogP contribution is 2.05. The largest absolute Gasteiger partial charge is 1.00 e. The Labute approximate surface area is 87.6 Å². The van der Waals surface area contributed by atoms with E-state index in [0.29, 0.717) is 10.5 Å². The quantitative estimate of drug-likeness (QED) is 0.478. The van der Waals surface area contributed by atoms with Crippen molar-refractivity contribution in [1.82, 2.24) is 0 Å². The summed E-state index contributed by atoms with van der Waals surface area (Å²) in [6.45, 7) is 0. The summed E-state index contributed by atoms with van der Waals surface area (Å²) in [4.78, 5) is 0.